The monoisotopic (exact) mass is 340 g/mol. The van der Waals surface area contributed by atoms with Crippen molar-refractivity contribution in [3.63, 3.8) is 0 Å². The van der Waals surface area contributed by atoms with Crippen LogP contribution in [-0.4, -0.2) is 23.8 Å². The second-order valence-electron chi connectivity index (χ2n) is 5.67. The molecule has 0 aliphatic heterocycles. The number of hydrogen-bond donors (Lipinski definition) is 2. The van der Waals surface area contributed by atoms with Crippen LogP contribution in [0, 0.1) is 0 Å². The molecular weight excluding hydrogens is 316 g/mol. The predicted molar refractivity (Wildman–Crippen MR) is 98.6 cm³/mol. The molecule has 132 valence electrons. The molecule has 5 nitrogen and oxygen atoms in total. The van der Waals surface area contributed by atoms with Crippen molar-refractivity contribution in [1.82, 2.24) is 5.43 Å². The summed E-state index contributed by atoms with van der Waals surface area (Å²) in [5.41, 5.74) is 3.70. The van der Waals surface area contributed by atoms with Crippen molar-refractivity contribution in [3.8, 4) is 5.75 Å². The van der Waals surface area contributed by atoms with E-state index in [1.165, 1.54) is 19.1 Å². The minimum atomic E-state index is -1.24. The maximum atomic E-state index is 11.9. The Morgan fingerprint density at radius 2 is 1.88 bits per heavy atom. The van der Waals surface area contributed by atoms with Gasteiger partial charge in [0.25, 0.3) is 5.91 Å². The zero-order valence-corrected chi connectivity index (χ0v) is 14.4. The van der Waals surface area contributed by atoms with E-state index in [0.29, 0.717) is 12.2 Å². The average molecular weight is 340 g/mol. The quantitative estimate of drug-likeness (QED) is 0.417. The summed E-state index contributed by atoms with van der Waals surface area (Å²) < 4.78 is 5.64. The van der Waals surface area contributed by atoms with Crippen LogP contribution < -0.4 is 10.2 Å². The fourth-order valence-electron chi connectivity index (χ4n) is 2.21. The minimum Gasteiger partial charge on any atom is -0.494 e. The Kier molecular flexibility index (Phi) is 7.66. The van der Waals surface area contributed by atoms with Gasteiger partial charge in [-0.1, -0.05) is 50.1 Å². The fraction of sp³-hybridized carbons (Fsp3) is 0.300. The molecule has 2 N–H and O–H groups in total. The third-order valence-electron chi connectivity index (χ3n) is 3.65. The fourth-order valence-corrected chi connectivity index (χ4v) is 2.21. The summed E-state index contributed by atoms with van der Waals surface area (Å²) in [6.45, 7) is 2.88. The molecule has 0 radical (unpaired) electrons. The number of hydrazone groups is 1. The molecule has 0 heterocycles. The molecule has 5 heteroatoms. The Balaban J connectivity index is 1.80. The average Bonchev–Trinajstić information content (AvgIpc) is 2.66. The molecule has 25 heavy (non-hydrogen) atoms. The molecular formula is C20H24N2O3. The van der Waals surface area contributed by atoms with Crippen molar-refractivity contribution in [1.29, 1.82) is 0 Å². The lowest BCUT2D eigenvalue weighted by atomic mass is 10.1. The second kappa shape index (κ2) is 10.3. The third kappa shape index (κ3) is 6.39. The van der Waals surface area contributed by atoms with E-state index in [9.17, 15) is 9.90 Å². The first-order valence-electron chi connectivity index (χ1n) is 8.49. The lowest BCUT2D eigenvalue weighted by Gasteiger charge is -2.08. The van der Waals surface area contributed by atoms with Crippen LogP contribution in [0.4, 0.5) is 0 Å². The molecule has 2 aromatic carbocycles. The van der Waals surface area contributed by atoms with E-state index in [-0.39, 0.29) is 0 Å². The van der Waals surface area contributed by atoms with E-state index in [2.05, 4.69) is 17.5 Å². The van der Waals surface area contributed by atoms with Gasteiger partial charge in [-0.3, -0.25) is 4.79 Å². The first-order chi connectivity index (χ1) is 12.2. The Morgan fingerprint density at radius 3 is 2.56 bits per heavy atom. The summed E-state index contributed by atoms with van der Waals surface area (Å²) in [4.78, 5) is 11.9. The van der Waals surface area contributed by atoms with Gasteiger partial charge in [0.1, 0.15) is 5.75 Å². The Hall–Kier alpha value is -2.66. The number of rotatable bonds is 9. The molecule has 1 amide bonds. The van der Waals surface area contributed by atoms with Gasteiger partial charge in [-0.2, -0.15) is 5.10 Å². The maximum Gasteiger partial charge on any atom is 0.273 e. The van der Waals surface area contributed by atoms with E-state index in [0.717, 1.165) is 17.7 Å². The number of benzene rings is 2. The minimum absolute atomic E-state index is 0.528. The summed E-state index contributed by atoms with van der Waals surface area (Å²) in [6.07, 6.45) is 3.67. The number of aliphatic hydroxyl groups excluding tert-OH is 1. The zero-order chi connectivity index (χ0) is 17.9. The lowest BCUT2D eigenvalue weighted by molar-refractivity contribution is -0.129. The molecule has 2 aromatic rings. The number of nitrogens with zero attached hydrogens (tertiary/aromatic N) is 1. The van der Waals surface area contributed by atoms with Crippen LogP contribution in [0.3, 0.4) is 0 Å². The van der Waals surface area contributed by atoms with E-state index in [1.54, 1.807) is 24.3 Å². The first kappa shape index (κ1) is 18.7. The van der Waals surface area contributed by atoms with Gasteiger partial charge in [-0.15, -0.1) is 0 Å². The highest BCUT2D eigenvalue weighted by atomic mass is 16.5. The van der Waals surface area contributed by atoms with Crippen LogP contribution in [0.1, 0.15) is 43.4 Å². The van der Waals surface area contributed by atoms with Gasteiger partial charge in [-0.25, -0.2) is 5.43 Å². The highest BCUT2D eigenvalue weighted by Crippen LogP contribution is 2.13. The summed E-state index contributed by atoms with van der Waals surface area (Å²) in [5.74, 6) is 0.245. The van der Waals surface area contributed by atoms with E-state index in [4.69, 9.17) is 4.74 Å². The smallest absolute Gasteiger partial charge is 0.273 e. The van der Waals surface area contributed by atoms with Crippen molar-refractivity contribution in [2.24, 2.45) is 5.10 Å². The number of carbonyl (C=O) groups is 1. The van der Waals surface area contributed by atoms with E-state index < -0.39 is 12.0 Å². The molecule has 0 aromatic heterocycles. The van der Waals surface area contributed by atoms with Crippen molar-refractivity contribution in [2.45, 2.75) is 32.3 Å². The number of carbonyl (C=O) groups excluding carboxylic acids is 1. The number of amides is 1. The topological polar surface area (TPSA) is 70.9 Å². The summed E-state index contributed by atoms with van der Waals surface area (Å²) in [5, 5.41) is 13.8. The molecule has 0 aliphatic rings. The van der Waals surface area contributed by atoms with Crippen molar-refractivity contribution in [3.05, 3.63) is 65.7 Å². The van der Waals surface area contributed by atoms with Crippen molar-refractivity contribution >= 4 is 12.1 Å². The second-order valence-corrected chi connectivity index (χ2v) is 5.67. The van der Waals surface area contributed by atoms with Crippen molar-refractivity contribution < 1.29 is 14.6 Å². The summed E-state index contributed by atoms with van der Waals surface area (Å²) >= 11 is 0. The molecule has 0 bridgehead atoms. The van der Waals surface area contributed by atoms with Gasteiger partial charge < -0.3 is 9.84 Å². The molecule has 1 atom stereocenters. The summed E-state index contributed by atoms with van der Waals surface area (Å²) in [7, 11) is 0. The van der Waals surface area contributed by atoms with Crippen LogP contribution >= 0.6 is 0 Å². The highest BCUT2D eigenvalue weighted by Gasteiger charge is 2.15. The molecule has 0 fully saturated rings. The van der Waals surface area contributed by atoms with Gasteiger partial charge in [0.2, 0.25) is 0 Å². The van der Waals surface area contributed by atoms with Crippen LogP contribution in [0.25, 0.3) is 0 Å². The number of ether oxygens (including phenoxy) is 1. The molecule has 0 unspecified atom stereocenters. The van der Waals surface area contributed by atoms with Crippen LogP contribution in [-0.2, 0) is 4.79 Å². The number of aliphatic hydroxyl groups is 1. The molecule has 0 saturated heterocycles. The van der Waals surface area contributed by atoms with E-state index in [1.807, 2.05) is 30.3 Å². The van der Waals surface area contributed by atoms with Gasteiger partial charge in [0.15, 0.2) is 6.10 Å². The molecule has 0 aliphatic carbocycles. The number of hydrogen-bond acceptors (Lipinski definition) is 4. The molecule has 0 saturated carbocycles. The Labute approximate surface area is 148 Å². The molecule has 0 spiro atoms. The largest absolute Gasteiger partial charge is 0.494 e. The summed E-state index contributed by atoms with van der Waals surface area (Å²) in [6, 6.07) is 16.2. The Bertz CT molecular complexity index is 669. The SMILES string of the molecule is CCCCCOc1ccc(/C=N/NC(=O)[C@@H](O)c2ccccc2)cc1. The van der Waals surface area contributed by atoms with Gasteiger partial charge >= 0.3 is 0 Å². The first-order valence-corrected chi connectivity index (χ1v) is 8.49. The predicted octanol–water partition coefficient (Wildman–Crippen LogP) is 3.44. The lowest BCUT2D eigenvalue weighted by Crippen LogP contribution is -2.25. The van der Waals surface area contributed by atoms with Gasteiger partial charge in [-0.05, 0) is 41.8 Å². The van der Waals surface area contributed by atoms with Crippen molar-refractivity contribution in [2.75, 3.05) is 6.61 Å². The molecule has 2 rings (SSSR count). The van der Waals surface area contributed by atoms with Crippen LogP contribution in [0.5, 0.6) is 5.75 Å². The van der Waals surface area contributed by atoms with Crippen LogP contribution in [0.15, 0.2) is 59.7 Å². The number of unbranched alkanes of at least 4 members (excludes halogenated alkanes) is 2. The Morgan fingerprint density at radius 1 is 1.16 bits per heavy atom. The highest BCUT2D eigenvalue weighted by molar-refractivity contribution is 5.85. The maximum absolute atomic E-state index is 11.9. The third-order valence-corrected chi connectivity index (χ3v) is 3.65. The van der Waals surface area contributed by atoms with Crippen LogP contribution in [0.2, 0.25) is 0 Å². The van der Waals surface area contributed by atoms with Gasteiger partial charge in [0, 0.05) is 0 Å². The zero-order valence-electron chi connectivity index (χ0n) is 14.4. The van der Waals surface area contributed by atoms with Gasteiger partial charge in [0.05, 0.1) is 12.8 Å². The normalized spacial score (nSPS) is 12.1. The standard InChI is InChI=1S/C20H24N2O3/c1-2-3-7-14-25-18-12-10-16(11-13-18)15-21-22-20(24)19(23)17-8-5-4-6-9-17/h4-6,8-13,15,19,23H,2-3,7,14H2,1H3,(H,22,24)/b21-15+/t19-/m0/s1. The van der Waals surface area contributed by atoms with E-state index >= 15 is 0 Å². The number of nitrogens with one attached hydrogen (secondary N) is 1.